The first kappa shape index (κ1) is 31.3. The van der Waals surface area contributed by atoms with Crippen LogP contribution in [0.5, 0.6) is 5.75 Å². The van der Waals surface area contributed by atoms with Gasteiger partial charge in [0.15, 0.2) is 5.43 Å². The lowest BCUT2D eigenvalue weighted by Crippen LogP contribution is -2.63. The van der Waals surface area contributed by atoms with Crippen LogP contribution in [0.4, 0.5) is 0 Å². The predicted molar refractivity (Wildman–Crippen MR) is 154 cm³/mol. The van der Waals surface area contributed by atoms with Gasteiger partial charge in [-0.3, -0.25) is 9.79 Å². The Morgan fingerprint density at radius 2 is 2.00 bits per heavy atom. The summed E-state index contributed by atoms with van der Waals surface area (Å²) >= 11 is 0. The van der Waals surface area contributed by atoms with Crippen molar-refractivity contribution in [3.8, 4) is 5.75 Å². The molecule has 13 nitrogen and oxygen atoms in total. The Labute approximate surface area is 247 Å². The largest absolute Gasteiger partial charge is 0.484 e. The van der Waals surface area contributed by atoms with E-state index in [1.54, 1.807) is 44.0 Å². The standard InChI is InChI=1S/C30H38N2O11/c1-16-10-22(35)19-11-17-12-25(29(2,3)42-26(17)18(6-9-33)27(19)41-16)43-40-14-24(37)30(39,28(38)23(36)13-34)15-32-8-5-20-21(32)4-7-31-20/h4-5,7,10-11,23-25,28,33-34,36-39H,6,8-9,12-15H2,1-3H3. The zero-order chi connectivity index (χ0) is 31.1. The lowest BCUT2D eigenvalue weighted by atomic mass is 9.86. The van der Waals surface area contributed by atoms with E-state index < -0.39 is 48.8 Å². The molecule has 234 valence electrons. The molecule has 3 aliphatic heterocycles. The first-order valence-electron chi connectivity index (χ1n) is 14.1. The van der Waals surface area contributed by atoms with Crippen LogP contribution in [0.25, 0.3) is 11.0 Å². The number of benzene rings is 1. The fraction of sp³-hybridized carbons (Fsp3) is 0.533. The SMILES string of the molecule is Cc1cc(=O)c2cc3c(c(CCO)c2o1)OC(C)(C)C(OOCC(O)C(O)(CN1CC=C2N=CC=C21)C(O)C(O)CO)C3. The summed E-state index contributed by atoms with van der Waals surface area (Å²) in [5.41, 5.74) is -0.600. The van der Waals surface area contributed by atoms with Crippen molar-refractivity contribution >= 4 is 17.2 Å². The van der Waals surface area contributed by atoms with Crippen molar-refractivity contribution in [2.45, 2.75) is 69.2 Å². The first-order valence-corrected chi connectivity index (χ1v) is 14.1. The molecule has 0 aliphatic carbocycles. The molecule has 1 aromatic heterocycles. The zero-order valence-electron chi connectivity index (χ0n) is 24.3. The number of hydrogen-bond donors (Lipinski definition) is 6. The minimum Gasteiger partial charge on any atom is -0.484 e. The summed E-state index contributed by atoms with van der Waals surface area (Å²) < 4.78 is 12.2. The Morgan fingerprint density at radius 3 is 2.72 bits per heavy atom. The van der Waals surface area contributed by atoms with Gasteiger partial charge >= 0.3 is 0 Å². The fourth-order valence-electron chi connectivity index (χ4n) is 5.73. The molecule has 0 fully saturated rings. The number of nitrogens with zero attached hydrogens (tertiary/aromatic N) is 2. The molecule has 0 radical (unpaired) electrons. The topological polar surface area (TPSA) is 195 Å². The zero-order valence-corrected chi connectivity index (χ0v) is 24.3. The summed E-state index contributed by atoms with van der Waals surface area (Å²) in [6.45, 7) is 3.62. The Kier molecular flexibility index (Phi) is 8.80. The molecule has 3 aliphatic rings. The fourth-order valence-corrected chi connectivity index (χ4v) is 5.73. The minimum absolute atomic E-state index is 0.188. The van der Waals surface area contributed by atoms with E-state index in [2.05, 4.69) is 4.99 Å². The van der Waals surface area contributed by atoms with Crippen molar-refractivity contribution in [2.24, 2.45) is 4.99 Å². The van der Waals surface area contributed by atoms with Crippen LogP contribution < -0.4 is 10.2 Å². The van der Waals surface area contributed by atoms with E-state index in [0.29, 0.717) is 51.5 Å². The molecule has 6 N–H and O–H groups in total. The molecular weight excluding hydrogens is 564 g/mol. The van der Waals surface area contributed by atoms with Crippen LogP contribution in [-0.2, 0) is 22.6 Å². The number of aliphatic hydroxyl groups excluding tert-OH is 5. The summed E-state index contributed by atoms with van der Waals surface area (Å²) in [7, 11) is 0. The van der Waals surface area contributed by atoms with Crippen molar-refractivity contribution < 1.29 is 49.6 Å². The van der Waals surface area contributed by atoms with Crippen LogP contribution in [0.2, 0.25) is 0 Å². The van der Waals surface area contributed by atoms with Gasteiger partial charge in [0.25, 0.3) is 0 Å². The van der Waals surface area contributed by atoms with Gasteiger partial charge in [0, 0.05) is 43.8 Å². The van der Waals surface area contributed by atoms with Crippen LogP contribution in [-0.4, -0.2) is 110 Å². The van der Waals surface area contributed by atoms with Crippen molar-refractivity contribution in [3.05, 3.63) is 62.8 Å². The number of hydrogen-bond acceptors (Lipinski definition) is 13. The van der Waals surface area contributed by atoms with Crippen LogP contribution in [0.3, 0.4) is 0 Å². The number of β-amino-alcohol motifs (C(OH)–C–C–N with tert-alkyl or cyclic N) is 1. The number of fused-ring (bicyclic) bond motifs is 3. The summed E-state index contributed by atoms with van der Waals surface area (Å²) in [6.07, 6.45) is -0.591. The quantitative estimate of drug-likeness (QED) is 0.137. The molecule has 13 heteroatoms. The molecule has 0 amide bonds. The second-order valence-corrected chi connectivity index (χ2v) is 11.7. The summed E-state index contributed by atoms with van der Waals surface area (Å²) in [5, 5.41) is 63.0. The van der Waals surface area contributed by atoms with Gasteiger partial charge < -0.3 is 44.7 Å². The van der Waals surface area contributed by atoms with Gasteiger partial charge in [-0.15, -0.1) is 0 Å². The maximum absolute atomic E-state index is 12.8. The molecule has 5 atom stereocenters. The van der Waals surface area contributed by atoms with Crippen molar-refractivity contribution in [1.29, 1.82) is 0 Å². The Morgan fingerprint density at radius 1 is 1.23 bits per heavy atom. The molecule has 4 heterocycles. The minimum atomic E-state index is -2.34. The predicted octanol–water partition coefficient (Wildman–Crippen LogP) is -0.360. The lowest BCUT2D eigenvalue weighted by Gasteiger charge is -2.42. The highest BCUT2D eigenvalue weighted by Crippen LogP contribution is 2.41. The third kappa shape index (κ3) is 5.87. The summed E-state index contributed by atoms with van der Waals surface area (Å²) in [4.78, 5) is 29.8. The second-order valence-electron chi connectivity index (χ2n) is 11.7. The highest BCUT2D eigenvalue weighted by atomic mass is 17.2. The average molecular weight is 603 g/mol. The molecule has 0 bridgehead atoms. The van der Waals surface area contributed by atoms with Crippen molar-refractivity contribution in [2.75, 3.05) is 32.9 Å². The first-order chi connectivity index (χ1) is 20.4. The Balaban J connectivity index is 1.33. The number of aryl methyl sites for hydroxylation is 1. The molecule has 0 spiro atoms. The average Bonchev–Trinajstić information content (AvgIpc) is 3.58. The van der Waals surface area contributed by atoms with Gasteiger partial charge in [-0.2, -0.15) is 0 Å². The highest BCUT2D eigenvalue weighted by molar-refractivity contribution is 5.84. The third-order valence-electron chi connectivity index (χ3n) is 8.22. The van der Waals surface area contributed by atoms with E-state index in [1.807, 2.05) is 6.08 Å². The van der Waals surface area contributed by atoms with E-state index in [9.17, 15) is 35.4 Å². The van der Waals surface area contributed by atoms with Gasteiger partial charge in [-0.25, -0.2) is 9.78 Å². The number of allylic oxidation sites excluding steroid dienone is 1. The molecule has 2 aromatic rings. The van der Waals surface area contributed by atoms with Crippen LogP contribution in [0, 0.1) is 6.92 Å². The molecule has 43 heavy (non-hydrogen) atoms. The molecule has 5 rings (SSSR count). The lowest BCUT2D eigenvalue weighted by molar-refractivity contribution is -0.363. The van der Waals surface area contributed by atoms with Crippen molar-refractivity contribution in [3.63, 3.8) is 0 Å². The van der Waals surface area contributed by atoms with Crippen LogP contribution in [0.1, 0.15) is 30.7 Å². The van der Waals surface area contributed by atoms with E-state index in [1.165, 1.54) is 6.07 Å². The third-order valence-corrected chi connectivity index (χ3v) is 8.22. The van der Waals surface area contributed by atoms with E-state index >= 15 is 0 Å². The van der Waals surface area contributed by atoms with Crippen LogP contribution >= 0.6 is 0 Å². The van der Waals surface area contributed by atoms with Gasteiger partial charge in [-0.05, 0) is 44.6 Å². The number of rotatable bonds is 12. The molecule has 5 unspecified atom stereocenters. The van der Waals surface area contributed by atoms with E-state index in [-0.39, 0.29) is 31.4 Å². The van der Waals surface area contributed by atoms with Crippen LogP contribution in [0.15, 0.2) is 49.9 Å². The summed E-state index contributed by atoms with van der Waals surface area (Å²) in [5.74, 6) is 0.922. The normalized spacial score (nSPS) is 22.3. The van der Waals surface area contributed by atoms with E-state index in [0.717, 1.165) is 0 Å². The van der Waals surface area contributed by atoms with Gasteiger partial charge in [-0.1, -0.05) is 0 Å². The van der Waals surface area contributed by atoms with E-state index in [4.69, 9.17) is 18.9 Å². The number of aliphatic hydroxyl groups is 6. The Hall–Kier alpha value is -3.14. The monoisotopic (exact) mass is 602 g/mol. The number of ether oxygens (including phenoxy) is 1. The number of aliphatic imine (C=N–C) groups is 1. The Bertz CT molecular complexity index is 1510. The van der Waals surface area contributed by atoms with Crippen molar-refractivity contribution in [1.82, 2.24) is 4.90 Å². The molecule has 1 aromatic carbocycles. The second kappa shape index (κ2) is 12.1. The molecule has 0 saturated carbocycles. The maximum atomic E-state index is 12.8. The smallest absolute Gasteiger partial charge is 0.192 e. The van der Waals surface area contributed by atoms with Gasteiger partial charge in [0.2, 0.25) is 0 Å². The van der Waals surface area contributed by atoms with Gasteiger partial charge in [0.05, 0.1) is 29.9 Å². The molecule has 0 saturated heterocycles. The highest BCUT2D eigenvalue weighted by Gasteiger charge is 2.49. The van der Waals surface area contributed by atoms with Gasteiger partial charge in [0.1, 0.15) is 59.3 Å². The molecular formula is C30H38N2O11. The maximum Gasteiger partial charge on any atom is 0.192 e. The summed E-state index contributed by atoms with van der Waals surface area (Å²) in [6, 6.07) is 3.06.